The van der Waals surface area contributed by atoms with Crippen LogP contribution in [0, 0.1) is 6.92 Å². The van der Waals surface area contributed by atoms with E-state index in [1.165, 1.54) is 26.3 Å². The van der Waals surface area contributed by atoms with E-state index in [0.29, 0.717) is 22.7 Å². The SMILES string of the molecule is CNS(=O)(=O)c1ccc(C)c(C(=O)Nc2ccc(OC)c(OCc3cccnc3)c2)c1. The number of aryl methyl sites for hydroxylation is 1. The van der Waals surface area contributed by atoms with Crippen LogP contribution in [-0.2, 0) is 16.6 Å². The van der Waals surface area contributed by atoms with Gasteiger partial charge < -0.3 is 14.8 Å². The van der Waals surface area contributed by atoms with Crippen LogP contribution in [0.15, 0.2) is 65.8 Å². The third kappa shape index (κ3) is 5.39. The molecule has 162 valence electrons. The first-order valence-corrected chi connectivity index (χ1v) is 10.9. The van der Waals surface area contributed by atoms with Crippen molar-refractivity contribution in [2.24, 2.45) is 0 Å². The van der Waals surface area contributed by atoms with Crippen molar-refractivity contribution in [3.05, 3.63) is 77.6 Å². The van der Waals surface area contributed by atoms with Crippen LogP contribution in [0.1, 0.15) is 21.5 Å². The molecule has 31 heavy (non-hydrogen) atoms. The maximum Gasteiger partial charge on any atom is 0.255 e. The predicted octanol–water partition coefficient (Wildman–Crippen LogP) is 3.14. The van der Waals surface area contributed by atoms with Crippen LogP contribution in [0.25, 0.3) is 0 Å². The average Bonchev–Trinajstić information content (AvgIpc) is 2.78. The second-order valence-corrected chi connectivity index (χ2v) is 8.54. The molecule has 8 nitrogen and oxygen atoms in total. The smallest absolute Gasteiger partial charge is 0.255 e. The molecule has 3 rings (SSSR count). The number of hydrogen-bond acceptors (Lipinski definition) is 6. The molecule has 3 aromatic rings. The van der Waals surface area contributed by atoms with Gasteiger partial charge in [0.2, 0.25) is 10.0 Å². The predicted molar refractivity (Wildman–Crippen MR) is 117 cm³/mol. The molecule has 2 aromatic carbocycles. The standard InChI is InChI=1S/C22H23N3O5S/c1-15-6-8-18(31(27,28)23-2)12-19(15)22(26)25-17-7-9-20(29-3)21(11-17)30-14-16-5-4-10-24-13-16/h4-13,23H,14H2,1-3H3,(H,25,26). The fraction of sp³-hybridized carbons (Fsp3) is 0.182. The van der Waals surface area contributed by atoms with Gasteiger partial charge in [0.15, 0.2) is 11.5 Å². The average molecular weight is 442 g/mol. The lowest BCUT2D eigenvalue weighted by Crippen LogP contribution is -2.20. The van der Waals surface area contributed by atoms with E-state index in [0.717, 1.165) is 5.56 Å². The highest BCUT2D eigenvalue weighted by atomic mass is 32.2. The van der Waals surface area contributed by atoms with Gasteiger partial charge >= 0.3 is 0 Å². The number of amides is 1. The highest BCUT2D eigenvalue weighted by molar-refractivity contribution is 7.89. The van der Waals surface area contributed by atoms with Gasteiger partial charge in [-0.15, -0.1) is 0 Å². The van der Waals surface area contributed by atoms with Gasteiger partial charge in [-0.25, -0.2) is 13.1 Å². The molecule has 0 aliphatic rings. The molecule has 1 aromatic heterocycles. The lowest BCUT2D eigenvalue weighted by molar-refractivity contribution is 0.102. The Morgan fingerprint density at radius 1 is 1.10 bits per heavy atom. The number of pyridine rings is 1. The van der Waals surface area contributed by atoms with Crippen molar-refractivity contribution in [2.75, 3.05) is 19.5 Å². The van der Waals surface area contributed by atoms with Gasteiger partial charge in [0.25, 0.3) is 5.91 Å². The molecule has 0 aliphatic heterocycles. The van der Waals surface area contributed by atoms with Crippen molar-refractivity contribution in [1.82, 2.24) is 9.71 Å². The molecule has 2 N–H and O–H groups in total. The summed E-state index contributed by atoms with van der Waals surface area (Å²) in [5, 5.41) is 2.78. The number of anilines is 1. The third-order valence-electron chi connectivity index (χ3n) is 4.57. The maximum absolute atomic E-state index is 12.8. The highest BCUT2D eigenvalue weighted by Crippen LogP contribution is 2.31. The Hall–Kier alpha value is -3.43. The van der Waals surface area contributed by atoms with E-state index in [4.69, 9.17) is 9.47 Å². The Kier molecular flexibility index (Phi) is 6.88. The Morgan fingerprint density at radius 2 is 1.90 bits per heavy atom. The molecular weight excluding hydrogens is 418 g/mol. The molecule has 0 bridgehead atoms. The van der Waals surface area contributed by atoms with E-state index >= 15 is 0 Å². The third-order valence-corrected chi connectivity index (χ3v) is 5.98. The number of aromatic nitrogens is 1. The summed E-state index contributed by atoms with van der Waals surface area (Å²) >= 11 is 0. The van der Waals surface area contributed by atoms with Crippen LogP contribution < -0.4 is 19.5 Å². The van der Waals surface area contributed by atoms with Gasteiger partial charge in [-0.1, -0.05) is 12.1 Å². The molecular formula is C22H23N3O5S. The minimum atomic E-state index is -3.66. The fourth-order valence-electron chi connectivity index (χ4n) is 2.84. The van der Waals surface area contributed by atoms with Crippen molar-refractivity contribution >= 4 is 21.6 Å². The molecule has 0 saturated carbocycles. The Labute approximate surface area is 181 Å². The molecule has 9 heteroatoms. The zero-order valence-corrected chi connectivity index (χ0v) is 18.2. The van der Waals surface area contributed by atoms with Crippen LogP contribution >= 0.6 is 0 Å². The van der Waals surface area contributed by atoms with E-state index in [2.05, 4.69) is 15.0 Å². The van der Waals surface area contributed by atoms with Crippen molar-refractivity contribution in [1.29, 1.82) is 0 Å². The molecule has 0 fully saturated rings. The summed E-state index contributed by atoms with van der Waals surface area (Å²) in [7, 11) is -0.817. The normalized spacial score (nSPS) is 11.1. The van der Waals surface area contributed by atoms with E-state index in [9.17, 15) is 13.2 Å². The second-order valence-electron chi connectivity index (χ2n) is 6.65. The van der Waals surface area contributed by atoms with Gasteiger partial charge in [0, 0.05) is 35.3 Å². The number of rotatable bonds is 8. The van der Waals surface area contributed by atoms with Crippen molar-refractivity contribution in [2.45, 2.75) is 18.4 Å². The molecule has 0 saturated heterocycles. The lowest BCUT2D eigenvalue weighted by atomic mass is 10.1. The van der Waals surface area contributed by atoms with Gasteiger partial charge in [-0.3, -0.25) is 9.78 Å². The van der Waals surface area contributed by atoms with Crippen molar-refractivity contribution < 1.29 is 22.7 Å². The van der Waals surface area contributed by atoms with Gasteiger partial charge in [0.1, 0.15) is 6.61 Å². The summed E-state index contributed by atoms with van der Waals surface area (Å²) in [5.74, 6) is 0.529. The lowest BCUT2D eigenvalue weighted by Gasteiger charge is -2.14. The van der Waals surface area contributed by atoms with Crippen molar-refractivity contribution in [3.8, 4) is 11.5 Å². The van der Waals surface area contributed by atoms with Crippen molar-refractivity contribution in [3.63, 3.8) is 0 Å². The first-order valence-electron chi connectivity index (χ1n) is 9.39. The number of carbonyl (C=O) groups is 1. The number of hydrogen-bond donors (Lipinski definition) is 2. The summed E-state index contributed by atoms with van der Waals surface area (Å²) < 4.78 is 37.6. The van der Waals surface area contributed by atoms with E-state index in [1.807, 2.05) is 12.1 Å². The first kappa shape index (κ1) is 22.3. The Balaban J connectivity index is 1.82. The minimum absolute atomic E-state index is 0.0148. The minimum Gasteiger partial charge on any atom is -0.493 e. The zero-order chi connectivity index (χ0) is 22.4. The highest BCUT2D eigenvalue weighted by Gasteiger charge is 2.17. The van der Waals surface area contributed by atoms with Crippen LogP contribution in [0.2, 0.25) is 0 Å². The number of ether oxygens (including phenoxy) is 2. The number of sulfonamides is 1. The molecule has 0 aliphatic carbocycles. The summed E-state index contributed by atoms with van der Waals surface area (Å²) in [6.45, 7) is 2.02. The number of benzene rings is 2. The van der Waals surface area contributed by atoms with E-state index in [1.54, 1.807) is 43.6 Å². The summed E-state index contributed by atoms with van der Waals surface area (Å²) in [4.78, 5) is 16.9. The van der Waals surface area contributed by atoms with Gasteiger partial charge in [0.05, 0.1) is 12.0 Å². The Bertz CT molecular complexity index is 1180. The van der Waals surface area contributed by atoms with Gasteiger partial charge in [-0.2, -0.15) is 0 Å². The van der Waals surface area contributed by atoms with Crippen LogP contribution in [0.3, 0.4) is 0 Å². The summed E-state index contributed by atoms with van der Waals surface area (Å²) in [5.41, 5.74) is 2.27. The largest absolute Gasteiger partial charge is 0.493 e. The fourth-order valence-corrected chi connectivity index (χ4v) is 3.60. The van der Waals surface area contributed by atoms with Crippen LogP contribution in [-0.4, -0.2) is 33.5 Å². The molecule has 0 spiro atoms. The molecule has 0 unspecified atom stereocenters. The number of carbonyl (C=O) groups excluding carboxylic acids is 1. The summed E-state index contributed by atoms with van der Waals surface area (Å²) in [6.07, 6.45) is 3.38. The quantitative estimate of drug-likeness (QED) is 0.556. The van der Waals surface area contributed by atoms with Crippen LogP contribution in [0.5, 0.6) is 11.5 Å². The first-order chi connectivity index (χ1) is 14.8. The molecule has 1 heterocycles. The monoisotopic (exact) mass is 441 g/mol. The van der Waals surface area contributed by atoms with E-state index in [-0.39, 0.29) is 17.1 Å². The number of methoxy groups -OCH3 is 1. The van der Waals surface area contributed by atoms with Crippen LogP contribution in [0.4, 0.5) is 5.69 Å². The second kappa shape index (κ2) is 9.59. The maximum atomic E-state index is 12.8. The number of nitrogens with zero attached hydrogens (tertiary/aromatic N) is 1. The molecule has 0 atom stereocenters. The number of nitrogens with one attached hydrogen (secondary N) is 2. The van der Waals surface area contributed by atoms with E-state index < -0.39 is 15.9 Å². The summed E-state index contributed by atoms with van der Waals surface area (Å²) in [6, 6.07) is 13.1. The topological polar surface area (TPSA) is 107 Å². The zero-order valence-electron chi connectivity index (χ0n) is 17.4. The Morgan fingerprint density at radius 3 is 2.58 bits per heavy atom. The molecule has 0 radical (unpaired) electrons. The molecule has 1 amide bonds. The van der Waals surface area contributed by atoms with Gasteiger partial charge in [-0.05, 0) is 49.9 Å².